The fourth-order valence-electron chi connectivity index (χ4n) is 3.45. The highest BCUT2D eigenvalue weighted by atomic mass is 19.1. The number of amides is 2. The number of aromatic nitrogens is 7. The number of nitrogens with zero attached hydrogens (tertiary/aromatic N) is 6. The minimum absolute atomic E-state index is 0.0607. The zero-order valence-electron chi connectivity index (χ0n) is 18.8. The van der Waals surface area contributed by atoms with Gasteiger partial charge in [-0.15, -0.1) is 0 Å². The molecule has 0 fully saturated rings. The number of aromatic amines is 1. The van der Waals surface area contributed by atoms with Gasteiger partial charge in [-0.1, -0.05) is 0 Å². The molecule has 0 saturated heterocycles. The van der Waals surface area contributed by atoms with Gasteiger partial charge in [0.1, 0.15) is 11.6 Å². The van der Waals surface area contributed by atoms with Gasteiger partial charge in [-0.25, -0.2) is 24.3 Å². The number of halogens is 1. The molecule has 0 saturated carbocycles. The monoisotopic (exact) mass is 475 g/mol. The maximum absolute atomic E-state index is 14.7. The molecule has 3 N–H and O–H groups in total. The average Bonchev–Trinajstić information content (AvgIpc) is 3.52. The maximum Gasteiger partial charge on any atom is 0.293 e. The lowest BCUT2D eigenvalue weighted by atomic mass is 10.1. The lowest BCUT2D eigenvalue weighted by Gasteiger charge is -2.06. The van der Waals surface area contributed by atoms with E-state index in [1.807, 2.05) is 0 Å². The van der Waals surface area contributed by atoms with E-state index in [0.717, 1.165) is 0 Å². The molecular weight excluding hydrogens is 457 g/mol. The molecule has 35 heavy (non-hydrogen) atoms. The molecule has 0 radical (unpaired) electrons. The van der Waals surface area contributed by atoms with E-state index < -0.39 is 17.6 Å². The summed E-state index contributed by atoms with van der Waals surface area (Å²) in [4.78, 5) is 41.4. The van der Waals surface area contributed by atoms with E-state index in [4.69, 9.17) is 4.42 Å². The number of H-pyrrole nitrogens is 1. The van der Waals surface area contributed by atoms with Crippen molar-refractivity contribution in [3.63, 3.8) is 0 Å². The van der Waals surface area contributed by atoms with Gasteiger partial charge in [0.25, 0.3) is 11.8 Å². The Balaban J connectivity index is 1.40. The maximum atomic E-state index is 14.7. The van der Waals surface area contributed by atoms with Crippen molar-refractivity contribution in [1.29, 1.82) is 0 Å². The highest BCUT2D eigenvalue weighted by Gasteiger charge is 2.18. The lowest BCUT2D eigenvalue weighted by molar-refractivity contribution is 0.0992. The SMILES string of the molecule is Cc1n[nH]c(C(=O)Nc2cnc3nc(-c4cc(NC(=O)c5oc(C)nc5C)ccc4F)cn3c2)n1. The number of oxazole rings is 1. The van der Waals surface area contributed by atoms with Crippen molar-refractivity contribution in [3.05, 3.63) is 71.6 Å². The van der Waals surface area contributed by atoms with Crippen molar-refractivity contribution < 1.29 is 18.4 Å². The number of hydrogen-bond acceptors (Lipinski definition) is 8. The van der Waals surface area contributed by atoms with E-state index in [2.05, 4.69) is 40.8 Å². The molecule has 0 unspecified atom stereocenters. The van der Waals surface area contributed by atoms with Crippen LogP contribution in [0.15, 0.2) is 41.2 Å². The summed E-state index contributed by atoms with van der Waals surface area (Å²) in [5.41, 5.74) is 1.61. The van der Waals surface area contributed by atoms with Crippen LogP contribution in [-0.2, 0) is 0 Å². The third kappa shape index (κ3) is 4.34. The van der Waals surface area contributed by atoms with Gasteiger partial charge in [0.05, 0.1) is 23.3 Å². The number of fused-ring (bicyclic) bond motifs is 1. The molecular formula is C22H18FN9O3. The molecule has 0 spiro atoms. The first-order valence-corrected chi connectivity index (χ1v) is 10.4. The normalized spacial score (nSPS) is 11.1. The van der Waals surface area contributed by atoms with E-state index in [-0.39, 0.29) is 28.6 Å². The van der Waals surface area contributed by atoms with Gasteiger partial charge in [0, 0.05) is 30.6 Å². The zero-order chi connectivity index (χ0) is 24.7. The molecule has 0 bridgehead atoms. The van der Waals surface area contributed by atoms with Crippen LogP contribution in [0.3, 0.4) is 0 Å². The molecule has 176 valence electrons. The predicted octanol–water partition coefficient (Wildman–Crippen LogP) is 3.07. The number of hydrogen-bond donors (Lipinski definition) is 3. The molecule has 0 aliphatic heterocycles. The standard InChI is InChI=1S/C22H18FN9O3/c1-10-18(35-12(3)25-10)20(33)27-13-4-5-16(23)15(6-13)17-9-32-8-14(7-24-22(32)29-17)28-21(34)19-26-11(2)30-31-19/h4-9H,1-3H3,(H,27,33)(H,28,34)(H,26,30,31). The van der Waals surface area contributed by atoms with Crippen LogP contribution in [0.5, 0.6) is 0 Å². The number of anilines is 2. The summed E-state index contributed by atoms with van der Waals surface area (Å²) in [6.07, 6.45) is 4.56. The molecule has 4 aromatic heterocycles. The van der Waals surface area contributed by atoms with Crippen LogP contribution in [0.4, 0.5) is 15.8 Å². The molecule has 13 heteroatoms. The summed E-state index contributed by atoms with van der Waals surface area (Å²) in [5.74, 6) is -0.280. The van der Waals surface area contributed by atoms with Gasteiger partial charge < -0.3 is 15.1 Å². The Morgan fingerprint density at radius 3 is 2.54 bits per heavy atom. The van der Waals surface area contributed by atoms with Crippen LogP contribution in [0.25, 0.3) is 17.0 Å². The van der Waals surface area contributed by atoms with Crippen LogP contribution < -0.4 is 10.6 Å². The summed E-state index contributed by atoms with van der Waals surface area (Å²) in [6, 6.07) is 4.12. The number of nitrogens with one attached hydrogen (secondary N) is 3. The van der Waals surface area contributed by atoms with Gasteiger partial charge >= 0.3 is 0 Å². The van der Waals surface area contributed by atoms with Gasteiger partial charge in [-0.05, 0) is 32.0 Å². The minimum Gasteiger partial charge on any atom is -0.436 e. The van der Waals surface area contributed by atoms with Gasteiger partial charge in [-0.2, -0.15) is 5.10 Å². The molecule has 2 amide bonds. The van der Waals surface area contributed by atoms with Crippen molar-refractivity contribution in [2.45, 2.75) is 20.8 Å². The van der Waals surface area contributed by atoms with Gasteiger partial charge in [0.15, 0.2) is 5.89 Å². The number of rotatable bonds is 5. The zero-order valence-corrected chi connectivity index (χ0v) is 18.8. The molecule has 5 aromatic rings. The summed E-state index contributed by atoms with van der Waals surface area (Å²) in [5, 5.41) is 11.7. The first-order valence-electron chi connectivity index (χ1n) is 10.4. The third-order valence-electron chi connectivity index (χ3n) is 4.99. The average molecular weight is 475 g/mol. The topological polar surface area (TPSA) is 156 Å². The van der Waals surface area contributed by atoms with Crippen molar-refractivity contribution >= 4 is 29.0 Å². The van der Waals surface area contributed by atoms with Crippen molar-refractivity contribution in [1.82, 2.24) is 34.5 Å². The van der Waals surface area contributed by atoms with Crippen LogP contribution >= 0.6 is 0 Å². The van der Waals surface area contributed by atoms with Crippen LogP contribution in [0, 0.1) is 26.6 Å². The second-order valence-electron chi connectivity index (χ2n) is 7.66. The van der Waals surface area contributed by atoms with Crippen LogP contribution in [0.2, 0.25) is 0 Å². The fourth-order valence-corrected chi connectivity index (χ4v) is 3.45. The highest BCUT2D eigenvalue weighted by Crippen LogP contribution is 2.26. The summed E-state index contributed by atoms with van der Waals surface area (Å²) >= 11 is 0. The Labute approximate surface area is 196 Å². The van der Waals surface area contributed by atoms with Crippen LogP contribution in [0.1, 0.15) is 38.6 Å². The van der Waals surface area contributed by atoms with Crippen molar-refractivity contribution in [2.75, 3.05) is 10.6 Å². The van der Waals surface area contributed by atoms with Crippen LogP contribution in [-0.4, -0.2) is 46.3 Å². The van der Waals surface area contributed by atoms with E-state index >= 15 is 0 Å². The van der Waals surface area contributed by atoms with Gasteiger partial charge in [-0.3, -0.25) is 19.1 Å². The Bertz CT molecular complexity index is 1600. The second-order valence-corrected chi connectivity index (χ2v) is 7.66. The molecule has 1 aromatic carbocycles. The molecule has 0 atom stereocenters. The number of carbonyl (C=O) groups is 2. The Hall–Kier alpha value is -4.94. The van der Waals surface area contributed by atoms with Gasteiger partial charge in [0.2, 0.25) is 17.4 Å². The van der Waals surface area contributed by atoms with E-state index in [1.54, 1.807) is 37.6 Å². The number of carbonyl (C=O) groups excluding carboxylic acids is 2. The third-order valence-corrected chi connectivity index (χ3v) is 4.99. The largest absolute Gasteiger partial charge is 0.436 e. The van der Waals surface area contributed by atoms with E-state index in [0.29, 0.717) is 28.8 Å². The van der Waals surface area contributed by atoms with Crippen molar-refractivity contribution in [2.24, 2.45) is 0 Å². The smallest absolute Gasteiger partial charge is 0.293 e. The molecule has 5 rings (SSSR count). The summed E-state index contributed by atoms with van der Waals surface area (Å²) < 4.78 is 21.5. The lowest BCUT2D eigenvalue weighted by Crippen LogP contribution is -2.14. The summed E-state index contributed by atoms with van der Waals surface area (Å²) in [6.45, 7) is 4.96. The number of benzene rings is 1. The fraction of sp³-hybridized carbons (Fsp3) is 0.136. The predicted molar refractivity (Wildman–Crippen MR) is 121 cm³/mol. The highest BCUT2D eigenvalue weighted by molar-refractivity contribution is 6.03. The Morgan fingerprint density at radius 2 is 1.83 bits per heavy atom. The van der Waals surface area contributed by atoms with Crippen molar-refractivity contribution in [3.8, 4) is 11.3 Å². The Kier molecular flexibility index (Phi) is 5.28. The molecule has 0 aliphatic carbocycles. The van der Waals surface area contributed by atoms with E-state index in [1.165, 1.54) is 24.4 Å². The second kappa shape index (κ2) is 8.44. The molecule has 4 heterocycles. The minimum atomic E-state index is -0.535. The first kappa shape index (κ1) is 21.9. The molecule has 0 aliphatic rings. The number of aryl methyl sites for hydroxylation is 3. The first-order chi connectivity index (χ1) is 16.8. The molecule has 12 nitrogen and oxygen atoms in total. The Morgan fingerprint density at radius 1 is 1.03 bits per heavy atom. The van der Waals surface area contributed by atoms with E-state index in [9.17, 15) is 14.0 Å². The number of imidazole rings is 1. The quantitative estimate of drug-likeness (QED) is 0.350. The summed E-state index contributed by atoms with van der Waals surface area (Å²) in [7, 11) is 0.